The zero-order chi connectivity index (χ0) is 22.9. The van der Waals surface area contributed by atoms with E-state index in [0.29, 0.717) is 49.9 Å². The van der Waals surface area contributed by atoms with Crippen molar-refractivity contribution in [2.45, 2.75) is 24.7 Å². The Morgan fingerprint density at radius 3 is 2.31 bits per heavy atom. The van der Waals surface area contributed by atoms with Crippen LogP contribution in [0.1, 0.15) is 28.8 Å². The predicted molar refractivity (Wildman–Crippen MR) is 125 cm³/mol. The van der Waals surface area contributed by atoms with Crippen molar-refractivity contribution in [2.75, 3.05) is 51.3 Å². The molecule has 2 saturated heterocycles. The molecule has 0 aromatic heterocycles. The Balaban J connectivity index is 1.52. The fourth-order valence-electron chi connectivity index (χ4n) is 4.34. The van der Waals surface area contributed by atoms with E-state index in [-0.39, 0.29) is 16.6 Å². The molecule has 2 aromatic rings. The molecule has 0 spiro atoms. The number of anilines is 1. The number of amides is 1. The van der Waals surface area contributed by atoms with E-state index < -0.39 is 10.0 Å². The summed E-state index contributed by atoms with van der Waals surface area (Å²) < 4.78 is 33.0. The van der Waals surface area contributed by atoms with Crippen LogP contribution in [0.15, 0.2) is 41.3 Å². The third-order valence-electron chi connectivity index (χ3n) is 6.17. The molecule has 0 bridgehead atoms. The summed E-state index contributed by atoms with van der Waals surface area (Å²) in [6.45, 7) is 5.49. The minimum absolute atomic E-state index is 0.0564. The highest BCUT2D eigenvalue weighted by Gasteiger charge is 2.31. The summed E-state index contributed by atoms with van der Waals surface area (Å²) >= 11 is 6.16. The molecule has 9 heteroatoms. The Morgan fingerprint density at radius 1 is 0.969 bits per heavy atom. The normalized spacial score (nSPS) is 17.6. The van der Waals surface area contributed by atoms with Crippen molar-refractivity contribution in [1.29, 1.82) is 0 Å². The smallest absolute Gasteiger partial charge is 0.254 e. The van der Waals surface area contributed by atoms with E-state index in [4.69, 9.17) is 16.3 Å². The lowest BCUT2D eigenvalue weighted by Crippen LogP contribution is -2.49. The summed E-state index contributed by atoms with van der Waals surface area (Å²) in [5, 5.41) is 0.689. The lowest BCUT2D eigenvalue weighted by Gasteiger charge is -2.37. The molecular weight excluding hydrogens is 450 g/mol. The highest BCUT2D eigenvalue weighted by molar-refractivity contribution is 7.89. The first-order chi connectivity index (χ1) is 15.3. The van der Waals surface area contributed by atoms with Crippen LogP contribution < -0.4 is 9.64 Å². The molecule has 0 N–H and O–H groups in total. The maximum Gasteiger partial charge on any atom is 0.254 e. The van der Waals surface area contributed by atoms with Crippen molar-refractivity contribution in [1.82, 2.24) is 9.21 Å². The first kappa shape index (κ1) is 22.9. The zero-order valence-electron chi connectivity index (χ0n) is 18.4. The summed E-state index contributed by atoms with van der Waals surface area (Å²) in [6, 6.07) is 10.5. The Bertz CT molecular complexity index is 1110. The standard InChI is InChI=1S/C23H28ClN3O4S/c1-17-5-7-19(24)16-20(17)25-11-13-26(14-12-25)23(28)18-6-8-21(31-2)22(15-18)32(29,30)27-9-3-4-10-27/h5-8,15-16H,3-4,9-14H2,1-2H3. The summed E-state index contributed by atoms with van der Waals surface area (Å²) in [6.07, 6.45) is 1.69. The summed E-state index contributed by atoms with van der Waals surface area (Å²) in [7, 11) is -2.26. The lowest BCUT2D eigenvalue weighted by molar-refractivity contribution is 0.0746. The number of nitrogens with zero attached hydrogens (tertiary/aromatic N) is 3. The maximum absolute atomic E-state index is 13.2. The van der Waals surface area contributed by atoms with Crippen LogP contribution in [0.25, 0.3) is 0 Å². The third-order valence-corrected chi connectivity index (χ3v) is 8.33. The average molecular weight is 478 g/mol. The van der Waals surface area contributed by atoms with Gasteiger partial charge in [-0.25, -0.2) is 8.42 Å². The van der Waals surface area contributed by atoms with Gasteiger partial charge >= 0.3 is 0 Å². The van der Waals surface area contributed by atoms with Crippen LogP contribution >= 0.6 is 11.6 Å². The van der Waals surface area contributed by atoms with E-state index >= 15 is 0 Å². The zero-order valence-corrected chi connectivity index (χ0v) is 20.0. The predicted octanol–water partition coefficient (Wildman–Crippen LogP) is 3.40. The molecule has 7 nitrogen and oxygen atoms in total. The van der Waals surface area contributed by atoms with Gasteiger partial charge < -0.3 is 14.5 Å². The molecule has 0 atom stereocenters. The van der Waals surface area contributed by atoms with E-state index in [9.17, 15) is 13.2 Å². The molecule has 0 unspecified atom stereocenters. The maximum atomic E-state index is 13.2. The van der Waals surface area contributed by atoms with Crippen molar-refractivity contribution >= 4 is 33.2 Å². The minimum atomic E-state index is -3.70. The SMILES string of the molecule is COc1ccc(C(=O)N2CCN(c3cc(Cl)ccc3C)CC2)cc1S(=O)(=O)N1CCCC1. The fourth-order valence-corrected chi connectivity index (χ4v) is 6.20. The van der Waals surface area contributed by atoms with E-state index in [2.05, 4.69) is 4.90 Å². The Labute approximate surface area is 194 Å². The van der Waals surface area contributed by atoms with Gasteiger partial charge in [-0.3, -0.25) is 4.79 Å². The van der Waals surface area contributed by atoms with Gasteiger partial charge in [0.25, 0.3) is 5.91 Å². The van der Waals surface area contributed by atoms with Gasteiger partial charge in [-0.15, -0.1) is 0 Å². The van der Waals surface area contributed by atoms with Crippen molar-refractivity contribution in [3.05, 3.63) is 52.5 Å². The first-order valence-corrected chi connectivity index (χ1v) is 12.6. The third kappa shape index (κ3) is 4.44. The number of rotatable bonds is 5. The van der Waals surface area contributed by atoms with Crippen molar-refractivity contribution in [2.24, 2.45) is 0 Å². The molecule has 2 fully saturated rings. The Morgan fingerprint density at radius 2 is 1.66 bits per heavy atom. The van der Waals surface area contributed by atoms with Crippen molar-refractivity contribution in [3.63, 3.8) is 0 Å². The fraction of sp³-hybridized carbons (Fsp3) is 0.435. The molecule has 0 saturated carbocycles. The van der Waals surface area contributed by atoms with Crippen LogP contribution in [0.4, 0.5) is 5.69 Å². The highest BCUT2D eigenvalue weighted by atomic mass is 35.5. The number of sulfonamides is 1. The molecule has 172 valence electrons. The van der Waals surface area contributed by atoms with Crippen LogP contribution in [-0.4, -0.2) is 69.9 Å². The van der Waals surface area contributed by atoms with Crippen LogP contribution in [0.5, 0.6) is 5.75 Å². The molecule has 1 amide bonds. The van der Waals surface area contributed by atoms with E-state index in [1.165, 1.54) is 17.5 Å². The van der Waals surface area contributed by atoms with Crippen LogP contribution in [0.2, 0.25) is 5.02 Å². The summed E-state index contributed by atoms with van der Waals surface area (Å²) in [5.41, 5.74) is 2.57. The van der Waals surface area contributed by atoms with Gasteiger partial charge in [-0.05, 0) is 55.7 Å². The van der Waals surface area contributed by atoms with Gasteiger partial charge in [0.1, 0.15) is 10.6 Å². The number of methoxy groups -OCH3 is 1. The summed E-state index contributed by atoms with van der Waals surface area (Å²) in [5.74, 6) is 0.0858. The van der Waals surface area contributed by atoms with E-state index in [1.807, 2.05) is 25.1 Å². The number of piperazine rings is 1. The number of ether oxygens (including phenoxy) is 1. The number of halogens is 1. The van der Waals surface area contributed by atoms with E-state index in [0.717, 1.165) is 24.1 Å². The number of carbonyl (C=O) groups excluding carboxylic acids is 1. The first-order valence-electron chi connectivity index (χ1n) is 10.8. The molecule has 2 heterocycles. The second-order valence-electron chi connectivity index (χ2n) is 8.19. The monoisotopic (exact) mass is 477 g/mol. The lowest BCUT2D eigenvalue weighted by atomic mass is 10.1. The highest BCUT2D eigenvalue weighted by Crippen LogP contribution is 2.31. The number of benzene rings is 2. The van der Waals surface area contributed by atoms with Crippen molar-refractivity contribution < 1.29 is 17.9 Å². The van der Waals surface area contributed by atoms with Crippen LogP contribution in [0.3, 0.4) is 0 Å². The number of hydrogen-bond acceptors (Lipinski definition) is 5. The second kappa shape index (κ2) is 9.29. The number of aryl methyl sites for hydroxylation is 1. The molecule has 2 aromatic carbocycles. The van der Waals surface area contributed by atoms with Gasteiger partial charge in [0.15, 0.2) is 0 Å². The molecule has 2 aliphatic heterocycles. The van der Waals surface area contributed by atoms with Gasteiger partial charge in [0, 0.05) is 55.5 Å². The Hall–Kier alpha value is -2.29. The second-order valence-corrected chi connectivity index (χ2v) is 10.5. The largest absolute Gasteiger partial charge is 0.495 e. The average Bonchev–Trinajstić information content (AvgIpc) is 3.36. The molecule has 0 radical (unpaired) electrons. The van der Waals surface area contributed by atoms with Crippen LogP contribution in [0, 0.1) is 6.92 Å². The number of carbonyl (C=O) groups is 1. The Kier molecular flexibility index (Phi) is 6.65. The van der Waals surface area contributed by atoms with E-state index in [1.54, 1.807) is 17.0 Å². The quantitative estimate of drug-likeness (QED) is 0.660. The summed E-state index contributed by atoms with van der Waals surface area (Å²) in [4.78, 5) is 17.3. The number of hydrogen-bond donors (Lipinski definition) is 0. The minimum Gasteiger partial charge on any atom is -0.495 e. The van der Waals surface area contributed by atoms with Gasteiger partial charge in [-0.1, -0.05) is 17.7 Å². The van der Waals surface area contributed by atoms with Gasteiger partial charge in [0.2, 0.25) is 10.0 Å². The molecular formula is C23H28ClN3O4S. The van der Waals surface area contributed by atoms with Gasteiger partial charge in [0.05, 0.1) is 7.11 Å². The van der Waals surface area contributed by atoms with Gasteiger partial charge in [-0.2, -0.15) is 4.31 Å². The molecule has 2 aliphatic rings. The topological polar surface area (TPSA) is 70.2 Å². The van der Waals surface area contributed by atoms with Crippen LogP contribution in [-0.2, 0) is 10.0 Å². The molecule has 0 aliphatic carbocycles. The van der Waals surface area contributed by atoms with Crippen molar-refractivity contribution in [3.8, 4) is 5.75 Å². The molecule has 32 heavy (non-hydrogen) atoms. The molecule has 4 rings (SSSR count).